The molecule has 1 fully saturated rings. The van der Waals surface area contributed by atoms with Gasteiger partial charge < -0.3 is 15.2 Å². The highest BCUT2D eigenvalue weighted by Crippen LogP contribution is 2.34. The Labute approximate surface area is 135 Å². The molecule has 1 heterocycles. The minimum atomic E-state index is -1.25. The first-order chi connectivity index (χ1) is 10.3. The SMILES string of the molecule is CCCc1ccc(C2(O)OCC(C)(C)NC2C)cc1CCC. The lowest BCUT2D eigenvalue weighted by Gasteiger charge is -2.46. The number of aliphatic hydroxyl groups is 1. The van der Waals surface area contributed by atoms with Crippen LogP contribution in [0, 0.1) is 0 Å². The van der Waals surface area contributed by atoms with Crippen molar-refractivity contribution in [3.05, 3.63) is 34.9 Å². The standard InChI is InChI=1S/C19H31NO2/c1-6-8-15-10-11-17(12-16(15)9-7-2)19(21)14(3)20-18(4,5)13-22-19/h10-12,14,20-21H,6-9,13H2,1-5H3. The van der Waals surface area contributed by atoms with Gasteiger partial charge in [0.05, 0.1) is 12.6 Å². The zero-order chi connectivity index (χ0) is 16.4. The molecule has 1 aliphatic heterocycles. The molecule has 0 radical (unpaired) electrons. The maximum atomic E-state index is 11.1. The van der Waals surface area contributed by atoms with Crippen LogP contribution in [-0.4, -0.2) is 23.3 Å². The Balaban J connectivity index is 2.33. The molecule has 1 aromatic carbocycles. The van der Waals surface area contributed by atoms with Gasteiger partial charge in [-0.25, -0.2) is 0 Å². The van der Waals surface area contributed by atoms with Crippen molar-refractivity contribution in [2.24, 2.45) is 0 Å². The van der Waals surface area contributed by atoms with E-state index in [-0.39, 0.29) is 11.6 Å². The van der Waals surface area contributed by atoms with Gasteiger partial charge >= 0.3 is 0 Å². The molecule has 0 spiro atoms. The molecule has 1 aromatic rings. The van der Waals surface area contributed by atoms with Gasteiger partial charge in [-0.15, -0.1) is 0 Å². The van der Waals surface area contributed by atoms with Crippen LogP contribution < -0.4 is 5.32 Å². The van der Waals surface area contributed by atoms with Crippen molar-refractivity contribution in [1.82, 2.24) is 5.32 Å². The maximum absolute atomic E-state index is 11.1. The second-order valence-corrected chi connectivity index (χ2v) is 7.22. The molecular formula is C19H31NO2. The first-order valence-electron chi connectivity index (χ1n) is 8.58. The molecule has 3 nitrogen and oxygen atoms in total. The van der Waals surface area contributed by atoms with E-state index in [1.165, 1.54) is 11.1 Å². The third-order valence-electron chi connectivity index (χ3n) is 4.51. The number of nitrogens with one attached hydrogen (secondary N) is 1. The summed E-state index contributed by atoms with van der Waals surface area (Å²) in [5, 5.41) is 14.5. The Bertz CT molecular complexity index is 512. The van der Waals surface area contributed by atoms with Gasteiger partial charge in [0.25, 0.3) is 0 Å². The fourth-order valence-electron chi connectivity index (χ4n) is 3.34. The van der Waals surface area contributed by atoms with Crippen LogP contribution in [0.4, 0.5) is 0 Å². The molecule has 0 amide bonds. The van der Waals surface area contributed by atoms with Gasteiger partial charge in [-0.1, -0.05) is 44.9 Å². The quantitative estimate of drug-likeness (QED) is 0.874. The van der Waals surface area contributed by atoms with Gasteiger partial charge in [0, 0.05) is 11.1 Å². The normalized spacial score (nSPS) is 27.8. The summed E-state index contributed by atoms with van der Waals surface area (Å²) in [4.78, 5) is 0. The third-order valence-corrected chi connectivity index (χ3v) is 4.51. The summed E-state index contributed by atoms with van der Waals surface area (Å²) in [6.07, 6.45) is 4.39. The van der Waals surface area contributed by atoms with Crippen LogP contribution in [0.2, 0.25) is 0 Å². The second-order valence-electron chi connectivity index (χ2n) is 7.22. The lowest BCUT2D eigenvalue weighted by molar-refractivity contribution is -0.263. The number of rotatable bonds is 5. The van der Waals surface area contributed by atoms with E-state index in [1.807, 2.05) is 13.0 Å². The fraction of sp³-hybridized carbons (Fsp3) is 0.684. The number of ether oxygens (including phenoxy) is 1. The highest BCUT2D eigenvalue weighted by molar-refractivity contribution is 5.35. The highest BCUT2D eigenvalue weighted by atomic mass is 16.6. The van der Waals surface area contributed by atoms with E-state index in [9.17, 15) is 5.11 Å². The molecule has 22 heavy (non-hydrogen) atoms. The number of hydrogen-bond donors (Lipinski definition) is 2. The van der Waals surface area contributed by atoms with Crippen LogP contribution >= 0.6 is 0 Å². The first-order valence-corrected chi connectivity index (χ1v) is 8.58. The maximum Gasteiger partial charge on any atom is 0.208 e. The Morgan fingerprint density at radius 1 is 1.18 bits per heavy atom. The van der Waals surface area contributed by atoms with E-state index in [0.29, 0.717) is 6.61 Å². The summed E-state index contributed by atoms with van der Waals surface area (Å²) in [6.45, 7) is 11.1. The summed E-state index contributed by atoms with van der Waals surface area (Å²) in [5.74, 6) is -1.25. The number of aryl methyl sites for hydroxylation is 2. The van der Waals surface area contributed by atoms with Gasteiger partial charge in [-0.05, 0) is 44.7 Å². The van der Waals surface area contributed by atoms with Crippen molar-refractivity contribution in [3.8, 4) is 0 Å². The van der Waals surface area contributed by atoms with Gasteiger partial charge in [0.1, 0.15) is 0 Å². The molecule has 124 valence electrons. The molecule has 0 aromatic heterocycles. The molecule has 2 atom stereocenters. The molecule has 0 aliphatic carbocycles. The van der Waals surface area contributed by atoms with E-state index in [4.69, 9.17) is 4.74 Å². The molecule has 2 rings (SSSR count). The summed E-state index contributed by atoms with van der Waals surface area (Å²) in [6, 6.07) is 6.19. The molecule has 2 unspecified atom stereocenters. The average Bonchev–Trinajstić information content (AvgIpc) is 2.45. The second kappa shape index (κ2) is 6.69. The predicted molar refractivity (Wildman–Crippen MR) is 91.0 cm³/mol. The topological polar surface area (TPSA) is 41.5 Å². The third kappa shape index (κ3) is 3.53. The van der Waals surface area contributed by atoms with Gasteiger partial charge in [-0.3, -0.25) is 0 Å². The summed E-state index contributed by atoms with van der Waals surface area (Å²) in [5.41, 5.74) is 3.50. The largest absolute Gasteiger partial charge is 0.361 e. The molecule has 1 saturated heterocycles. The average molecular weight is 305 g/mol. The van der Waals surface area contributed by atoms with Crippen LogP contribution in [0.25, 0.3) is 0 Å². The van der Waals surface area contributed by atoms with Crippen LogP contribution in [-0.2, 0) is 23.4 Å². The zero-order valence-corrected chi connectivity index (χ0v) is 14.7. The van der Waals surface area contributed by atoms with Crippen molar-refractivity contribution in [2.75, 3.05) is 6.61 Å². The van der Waals surface area contributed by atoms with E-state index < -0.39 is 5.79 Å². The van der Waals surface area contributed by atoms with E-state index in [0.717, 1.165) is 31.2 Å². The minimum absolute atomic E-state index is 0.111. The molecule has 0 saturated carbocycles. The zero-order valence-electron chi connectivity index (χ0n) is 14.7. The van der Waals surface area contributed by atoms with Gasteiger partial charge in [0.15, 0.2) is 0 Å². The molecule has 3 heteroatoms. The molecular weight excluding hydrogens is 274 g/mol. The van der Waals surface area contributed by atoms with Crippen LogP contribution in [0.3, 0.4) is 0 Å². The smallest absolute Gasteiger partial charge is 0.208 e. The van der Waals surface area contributed by atoms with Gasteiger partial charge in [0.2, 0.25) is 5.79 Å². The van der Waals surface area contributed by atoms with Crippen molar-refractivity contribution in [1.29, 1.82) is 0 Å². The Morgan fingerprint density at radius 2 is 1.82 bits per heavy atom. The lowest BCUT2D eigenvalue weighted by atomic mass is 9.89. The number of morpholine rings is 1. The van der Waals surface area contributed by atoms with E-state index in [1.54, 1.807) is 0 Å². The molecule has 0 bridgehead atoms. The minimum Gasteiger partial charge on any atom is -0.361 e. The fourth-order valence-corrected chi connectivity index (χ4v) is 3.34. The number of hydrogen-bond acceptors (Lipinski definition) is 3. The Morgan fingerprint density at radius 3 is 2.41 bits per heavy atom. The Kier molecular flexibility index (Phi) is 5.31. The summed E-state index contributed by atoms with van der Waals surface area (Å²) < 4.78 is 5.91. The summed E-state index contributed by atoms with van der Waals surface area (Å²) in [7, 11) is 0. The molecule has 1 aliphatic rings. The van der Waals surface area contributed by atoms with Crippen LogP contribution in [0.1, 0.15) is 64.2 Å². The van der Waals surface area contributed by atoms with Crippen molar-refractivity contribution >= 4 is 0 Å². The number of benzene rings is 1. The van der Waals surface area contributed by atoms with Crippen LogP contribution in [0.15, 0.2) is 18.2 Å². The summed E-state index contributed by atoms with van der Waals surface area (Å²) >= 11 is 0. The first kappa shape index (κ1) is 17.5. The molecule has 2 N–H and O–H groups in total. The van der Waals surface area contributed by atoms with Crippen molar-refractivity contribution in [2.45, 2.75) is 77.7 Å². The van der Waals surface area contributed by atoms with E-state index >= 15 is 0 Å². The monoisotopic (exact) mass is 305 g/mol. The Hall–Kier alpha value is -0.900. The highest BCUT2D eigenvalue weighted by Gasteiger charge is 2.44. The predicted octanol–water partition coefficient (Wildman–Crippen LogP) is 3.52. The van der Waals surface area contributed by atoms with Gasteiger partial charge in [-0.2, -0.15) is 0 Å². The van der Waals surface area contributed by atoms with Crippen molar-refractivity contribution < 1.29 is 9.84 Å². The van der Waals surface area contributed by atoms with E-state index in [2.05, 4.69) is 45.1 Å². The van der Waals surface area contributed by atoms with Crippen molar-refractivity contribution in [3.63, 3.8) is 0 Å². The lowest BCUT2D eigenvalue weighted by Crippen LogP contribution is -2.63. The van der Waals surface area contributed by atoms with Crippen LogP contribution in [0.5, 0.6) is 0 Å².